The van der Waals surface area contributed by atoms with Crippen molar-refractivity contribution in [3.8, 4) is 22.6 Å². The van der Waals surface area contributed by atoms with E-state index in [-0.39, 0.29) is 12.6 Å². The minimum absolute atomic E-state index is 0.0540. The molecule has 1 amide bonds. The predicted octanol–water partition coefficient (Wildman–Crippen LogP) is 4.82. The summed E-state index contributed by atoms with van der Waals surface area (Å²) < 4.78 is 11.8. The highest BCUT2D eigenvalue weighted by Gasteiger charge is 2.27. The van der Waals surface area contributed by atoms with Crippen LogP contribution in [0.15, 0.2) is 72.8 Å². The number of carbonyl (C=O) groups excluding carboxylic acids is 1. The van der Waals surface area contributed by atoms with Crippen LogP contribution in [0.1, 0.15) is 23.2 Å². The lowest BCUT2D eigenvalue weighted by Crippen LogP contribution is -2.38. The first-order valence-corrected chi connectivity index (χ1v) is 10.9. The maximum Gasteiger partial charge on any atom is 0.264 e. The lowest BCUT2D eigenvalue weighted by molar-refractivity contribution is 0.0937. The number of nitrogens with zero attached hydrogens (tertiary/aromatic N) is 2. The van der Waals surface area contributed by atoms with Crippen LogP contribution in [0.25, 0.3) is 11.1 Å². The van der Waals surface area contributed by atoms with Gasteiger partial charge in [-0.2, -0.15) is 0 Å². The number of amides is 1. The maximum atomic E-state index is 13.2. The van der Waals surface area contributed by atoms with Crippen molar-refractivity contribution in [3.05, 3.63) is 78.4 Å². The Bertz CT molecular complexity index is 1040. The summed E-state index contributed by atoms with van der Waals surface area (Å²) in [6.45, 7) is 4.19. The van der Waals surface area contributed by atoms with Crippen LogP contribution < -0.4 is 14.4 Å². The molecular weight excluding hydrogens is 388 g/mol. The zero-order valence-corrected chi connectivity index (χ0v) is 17.5. The number of benzene rings is 3. The Kier molecular flexibility index (Phi) is 5.59. The lowest BCUT2D eigenvalue weighted by atomic mass is 10.0. The van der Waals surface area contributed by atoms with Gasteiger partial charge in [0.1, 0.15) is 18.1 Å². The average molecular weight is 415 g/mol. The monoisotopic (exact) mass is 414 g/mol. The number of rotatable bonds is 6. The molecule has 2 aliphatic rings. The highest BCUT2D eigenvalue weighted by molar-refractivity contribution is 6.09. The summed E-state index contributed by atoms with van der Waals surface area (Å²) in [6.07, 6.45) is 2.58. The van der Waals surface area contributed by atoms with Gasteiger partial charge in [-0.25, -0.2) is 0 Å². The number of fused-ring (bicyclic) bond motifs is 1. The van der Waals surface area contributed by atoms with E-state index in [2.05, 4.69) is 4.90 Å². The van der Waals surface area contributed by atoms with Crippen molar-refractivity contribution in [2.75, 3.05) is 37.9 Å². The molecule has 0 spiro atoms. The Labute approximate surface area is 182 Å². The molecule has 0 radical (unpaired) electrons. The number of anilines is 1. The normalized spacial score (nSPS) is 16.1. The van der Waals surface area contributed by atoms with Gasteiger partial charge in [-0.05, 0) is 73.5 Å². The molecule has 0 N–H and O–H groups in total. The minimum atomic E-state index is -0.0540. The molecule has 5 heteroatoms. The van der Waals surface area contributed by atoms with E-state index >= 15 is 0 Å². The quantitative estimate of drug-likeness (QED) is 0.580. The molecule has 158 valence electrons. The van der Waals surface area contributed by atoms with E-state index in [0.717, 1.165) is 29.1 Å². The fourth-order valence-electron chi connectivity index (χ4n) is 4.18. The van der Waals surface area contributed by atoms with Crippen LogP contribution in [0.4, 0.5) is 5.69 Å². The maximum absolute atomic E-state index is 13.2. The van der Waals surface area contributed by atoms with Crippen LogP contribution in [0, 0.1) is 0 Å². The third-order valence-corrected chi connectivity index (χ3v) is 5.93. The molecular formula is C26H26N2O3. The molecule has 0 atom stereocenters. The summed E-state index contributed by atoms with van der Waals surface area (Å²) in [4.78, 5) is 17.3. The molecule has 3 aromatic carbocycles. The van der Waals surface area contributed by atoms with Gasteiger partial charge in [0.2, 0.25) is 0 Å². The molecule has 2 aliphatic heterocycles. The highest BCUT2D eigenvalue weighted by Crippen LogP contribution is 2.32. The van der Waals surface area contributed by atoms with Gasteiger partial charge in [0.05, 0.1) is 5.56 Å². The van der Waals surface area contributed by atoms with E-state index in [1.807, 2.05) is 72.8 Å². The topological polar surface area (TPSA) is 42.0 Å². The van der Waals surface area contributed by atoms with Crippen molar-refractivity contribution in [2.24, 2.45) is 0 Å². The van der Waals surface area contributed by atoms with E-state index in [1.54, 1.807) is 4.90 Å². The van der Waals surface area contributed by atoms with Crippen LogP contribution in [0.5, 0.6) is 11.5 Å². The van der Waals surface area contributed by atoms with Crippen LogP contribution in [0.2, 0.25) is 0 Å². The molecule has 1 fully saturated rings. The molecule has 2 heterocycles. The molecule has 0 aromatic heterocycles. The van der Waals surface area contributed by atoms with Gasteiger partial charge in [-0.1, -0.05) is 36.4 Å². The van der Waals surface area contributed by atoms with Crippen LogP contribution >= 0.6 is 0 Å². The van der Waals surface area contributed by atoms with Crippen molar-refractivity contribution in [2.45, 2.75) is 12.8 Å². The van der Waals surface area contributed by atoms with Gasteiger partial charge in [0.25, 0.3) is 5.91 Å². The Morgan fingerprint density at radius 2 is 1.65 bits per heavy atom. The summed E-state index contributed by atoms with van der Waals surface area (Å²) in [5, 5.41) is 0. The second-order valence-electron chi connectivity index (χ2n) is 7.97. The Hall–Kier alpha value is -3.31. The fraction of sp³-hybridized carbons (Fsp3) is 0.269. The third-order valence-electron chi connectivity index (χ3n) is 5.93. The first kappa shape index (κ1) is 19.6. The third kappa shape index (κ3) is 4.28. The number of ether oxygens (including phenoxy) is 2. The van der Waals surface area contributed by atoms with Gasteiger partial charge in [-0.15, -0.1) is 0 Å². The molecule has 0 aliphatic carbocycles. The van der Waals surface area contributed by atoms with Crippen LogP contribution in [-0.2, 0) is 0 Å². The molecule has 0 bridgehead atoms. The number of hydrogen-bond donors (Lipinski definition) is 0. The van der Waals surface area contributed by atoms with E-state index in [4.69, 9.17) is 9.47 Å². The average Bonchev–Trinajstić information content (AvgIpc) is 3.34. The Morgan fingerprint density at radius 1 is 0.871 bits per heavy atom. The minimum Gasteiger partial charge on any atom is -0.492 e. The molecule has 1 saturated heterocycles. The molecule has 0 saturated carbocycles. The molecule has 0 unspecified atom stereocenters. The van der Waals surface area contributed by atoms with E-state index in [0.29, 0.717) is 17.9 Å². The number of carbonyl (C=O) groups is 1. The summed E-state index contributed by atoms with van der Waals surface area (Å²) >= 11 is 0. The summed E-state index contributed by atoms with van der Waals surface area (Å²) in [5.41, 5.74) is 3.46. The predicted molar refractivity (Wildman–Crippen MR) is 122 cm³/mol. The Morgan fingerprint density at radius 3 is 2.42 bits per heavy atom. The summed E-state index contributed by atoms with van der Waals surface area (Å²) in [5.74, 6) is 1.39. The van der Waals surface area contributed by atoms with Crippen molar-refractivity contribution in [3.63, 3.8) is 0 Å². The largest absolute Gasteiger partial charge is 0.492 e. The second kappa shape index (κ2) is 8.82. The van der Waals surface area contributed by atoms with Gasteiger partial charge >= 0.3 is 0 Å². The summed E-state index contributed by atoms with van der Waals surface area (Å²) in [7, 11) is 0. The first-order chi connectivity index (χ1) is 15.3. The zero-order valence-electron chi connectivity index (χ0n) is 17.5. The second-order valence-corrected chi connectivity index (χ2v) is 7.97. The zero-order chi connectivity index (χ0) is 21.0. The van der Waals surface area contributed by atoms with Gasteiger partial charge < -0.3 is 9.47 Å². The van der Waals surface area contributed by atoms with E-state index in [9.17, 15) is 4.79 Å². The smallest absolute Gasteiger partial charge is 0.264 e. The fourth-order valence-corrected chi connectivity index (χ4v) is 4.18. The van der Waals surface area contributed by atoms with Gasteiger partial charge in [-0.3, -0.25) is 14.6 Å². The standard InChI is InChI=1S/C26H26N2O3/c29-26-24-18-21(20-6-2-1-3-7-20)8-13-25(24)31-19-28(26)22-9-11-23(12-10-22)30-17-16-27-14-4-5-15-27/h1-3,6-13,18H,4-5,14-17,19H2. The van der Waals surface area contributed by atoms with Crippen molar-refractivity contribution in [1.29, 1.82) is 0 Å². The molecule has 5 nitrogen and oxygen atoms in total. The van der Waals surface area contributed by atoms with Gasteiger partial charge in [0.15, 0.2) is 6.73 Å². The van der Waals surface area contributed by atoms with Crippen molar-refractivity contribution >= 4 is 11.6 Å². The molecule has 3 aromatic rings. The SMILES string of the molecule is O=C1c2cc(-c3ccccc3)ccc2OCN1c1ccc(OCCN2CCCC2)cc1. The highest BCUT2D eigenvalue weighted by atomic mass is 16.5. The van der Waals surface area contributed by atoms with Crippen molar-refractivity contribution in [1.82, 2.24) is 4.90 Å². The molecule has 31 heavy (non-hydrogen) atoms. The van der Waals surface area contributed by atoms with E-state index in [1.165, 1.54) is 25.9 Å². The first-order valence-electron chi connectivity index (χ1n) is 10.9. The summed E-state index contributed by atoms with van der Waals surface area (Å²) in [6, 6.07) is 23.5. The van der Waals surface area contributed by atoms with Crippen molar-refractivity contribution < 1.29 is 14.3 Å². The molecule has 5 rings (SSSR count). The van der Waals surface area contributed by atoms with Crippen LogP contribution in [0.3, 0.4) is 0 Å². The Balaban J connectivity index is 1.28. The van der Waals surface area contributed by atoms with Gasteiger partial charge in [0, 0.05) is 12.2 Å². The van der Waals surface area contributed by atoms with Crippen LogP contribution in [-0.4, -0.2) is 43.8 Å². The number of likely N-dealkylation sites (tertiary alicyclic amines) is 1. The number of hydrogen-bond acceptors (Lipinski definition) is 4. The lowest BCUT2D eigenvalue weighted by Gasteiger charge is -2.29. The van der Waals surface area contributed by atoms with E-state index < -0.39 is 0 Å².